The molecule has 7 heteroatoms. The highest BCUT2D eigenvalue weighted by atomic mass is 16.5. The van der Waals surface area contributed by atoms with Gasteiger partial charge in [0.05, 0.1) is 18.3 Å². The standard InChI is InChI=1S/C26H33N3O4/c1-6-32-22-14-8-19(9-15-22)23-24(27-20-10-12-21(13-11-20)28(4)5)26(31)29(25(23)30)16-7-17-33-18(2)3/h8-15,18,27H,6-7,16-17H2,1-5H3. The van der Waals surface area contributed by atoms with Crippen molar-refractivity contribution in [3.8, 4) is 5.75 Å². The summed E-state index contributed by atoms with van der Waals surface area (Å²) in [7, 11) is 3.93. The van der Waals surface area contributed by atoms with Crippen LogP contribution in [0.15, 0.2) is 54.2 Å². The second-order valence-electron chi connectivity index (χ2n) is 8.31. The number of nitrogens with zero attached hydrogens (tertiary/aromatic N) is 2. The van der Waals surface area contributed by atoms with Gasteiger partial charge in [-0.3, -0.25) is 14.5 Å². The molecule has 33 heavy (non-hydrogen) atoms. The third-order valence-corrected chi connectivity index (χ3v) is 5.25. The first-order valence-electron chi connectivity index (χ1n) is 11.3. The van der Waals surface area contributed by atoms with Gasteiger partial charge in [-0.2, -0.15) is 0 Å². The van der Waals surface area contributed by atoms with Crippen LogP contribution >= 0.6 is 0 Å². The van der Waals surface area contributed by atoms with Gasteiger partial charge in [0.1, 0.15) is 11.4 Å². The third kappa shape index (κ3) is 5.93. The molecule has 1 aliphatic heterocycles. The van der Waals surface area contributed by atoms with E-state index in [0.29, 0.717) is 37.3 Å². The molecule has 0 bridgehead atoms. The van der Waals surface area contributed by atoms with Gasteiger partial charge in [0, 0.05) is 38.6 Å². The van der Waals surface area contributed by atoms with Crippen molar-refractivity contribution in [2.75, 3.05) is 44.1 Å². The van der Waals surface area contributed by atoms with Crippen LogP contribution in [0, 0.1) is 0 Å². The first kappa shape index (κ1) is 24.3. The van der Waals surface area contributed by atoms with Gasteiger partial charge >= 0.3 is 0 Å². The van der Waals surface area contributed by atoms with Crippen LogP contribution < -0.4 is 15.0 Å². The van der Waals surface area contributed by atoms with Crippen LogP contribution in [0.4, 0.5) is 11.4 Å². The van der Waals surface area contributed by atoms with Crippen LogP contribution in [0.3, 0.4) is 0 Å². The van der Waals surface area contributed by atoms with E-state index in [-0.39, 0.29) is 23.6 Å². The predicted octanol–water partition coefficient (Wildman–Crippen LogP) is 4.16. The molecule has 2 amide bonds. The van der Waals surface area contributed by atoms with Crippen molar-refractivity contribution in [1.82, 2.24) is 4.90 Å². The number of hydrogen-bond donors (Lipinski definition) is 1. The maximum Gasteiger partial charge on any atom is 0.278 e. The predicted molar refractivity (Wildman–Crippen MR) is 131 cm³/mol. The molecule has 0 fully saturated rings. The van der Waals surface area contributed by atoms with E-state index in [1.54, 1.807) is 0 Å². The molecule has 0 aromatic heterocycles. The topological polar surface area (TPSA) is 71.1 Å². The highest BCUT2D eigenvalue weighted by Crippen LogP contribution is 2.32. The van der Waals surface area contributed by atoms with Gasteiger partial charge in [0.25, 0.3) is 11.8 Å². The molecule has 1 aliphatic rings. The Balaban J connectivity index is 1.89. The van der Waals surface area contributed by atoms with E-state index in [1.165, 1.54) is 4.90 Å². The Bertz CT molecular complexity index is 995. The Kier molecular flexibility index (Phi) is 8.11. The van der Waals surface area contributed by atoms with Gasteiger partial charge in [-0.05, 0) is 69.2 Å². The van der Waals surface area contributed by atoms with Crippen molar-refractivity contribution in [3.63, 3.8) is 0 Å². The number of carbonyl (C=O) groups is 2. The van der Waals surface area contributed by atoms with E-state index >= 15 is 0 Å². The van der Waals surface area contributed by atoms with Crippen LogP contribution in [0.1, 0.15) is 32.8 Å². The number of rotatable bonds is 11. The molecule has 0 spiro atoms. The monoisotopic (exact) mass is 451 g/mol. The van der Waals surface area contributed by atoms with Crippen molar-refractivity contribution in [2.45, 2.75) is 33.3 Å². The molecule has 0 atom stereocenters. The number of hydrogen-bond acceptors (Lipinski definition) is 6. The summed E-state index contributed by atoms with van der Waals surface area (Å²) in [5.74, 6) is 0.0846. The number of nitrogens with one attached hydrogen (secondary N) is 1. The third-order valence-electron chi connectivity index (χ3n) is 5.25. The van der Waals surface area contributed by atoms with Gasteiger partial charge in [0.2, 0.25) is 0 Å². The lowest BCUT2D eigenvalue weighted by molar-refractivity contribution is -0.137. The summed E-state index contributed by atoms with van der Waals surface area (Å²) in [6.45, 7) is 7.18. The largest absolute Gasteiger partial charge is 0.494 e. The van der Waals surface area contributed by atoms with E-state index in [2.05, 4.69) is 5.32 Å². The summed E-state index contributed by atoms with van der Waals surface area (Å²) in [6.07, 6.45) is 0.687. The van der Waals surface area contributed by atoms with Crippen molar-refractivity contribution in [2.24, 2.45) is 0 Å². The molecule has 0 saturated heterocycles. The summed E-state index contributed by atoms with van der Waals surface area (Å²) >= 11 is 0. The van der Waals surface area contributed by atoms with Gasteiger partial charge in [-0.1, -0.05) is 12.1 Å². The van der Waals surface area contributed by atoms with E-state index in [4.69, 9.17) is 9.47 Å². The molecule has 3 rings (SSSR count). The van der Waals surface area contributed by atoms with Gasteiger partial charge in [0.15, 0.2) is 0 Å². The number of anilines is 2. The van der Waals surface area contributed by atoms with E-state index in [9.17, 15) is 9.59 Å². The van der Waals surface area contributed by atoms with Gasteiger partial charge in [-0.25, -0.2) is 0 Å². The molecule has 0 aliphatic carbocycles. The Morgan fingerprint density at radius 2 is 1.64 bits per heavy atom. The second-order valence-corrected chi connectivity index (χ2v) is 8.31. The van der Waals surface area contributed by atoms with E-state index in [0.717, 1.165) is 17.1 Å². The summed E-state index contributed by atoms with van der Waals surface area (Å²) in [4.78, 5) is 29.9. The summed E-state index contributed by atoms with van der Waals surface area (Å²) in [6, 6.07) is 15.0. The van der Waals surface area contributed by atoms with Crippen molar-refractivity contribution in [3.05, 3.63) is 59.8 Å². The van der Waals surface area contributed by atoms with Crippen LogP contribution in [0.5, 0.6) is 5.75 Å². The average Bonchev–Trinajstić information content (AvgIpc) is 3.01. The molecule has 1 N–H and O–H groups in total. The fourth-order valence-corrected chi connectivity index (χ4v) is 3.58. The molecule has 0 unspecified atom stereocenters. The van der Waals surface area contributed by atoms with Crippen LogP contribution in [-0.4, -0.2) is 56.7 Å². The second kappa shape index (κ2) is 11.0. The Labute approximate surface area is 196 Å². The van der Waals surface area contributed by atoms with Crippen molar-refractivity contribution < 1.29 is 19.1 Å². The van der Waals surface area contributed by atoms with Crippen molar-refractivity contribution in [1.29, 1.82) is 0 Å². The quantitative estimate of drug-likeness (QED) is 0.409. The molecule has 2 aromatic carbocycles. The zero-order valence-corrected chi connectivity index (χ0v) is 20.1. The minimum atomic E-state index is -0.329. The fraction of sp³-hybridized carbons (Fsp3) is 0.385. The SMILES string of the molecule is CCOc1ccc(C2=C(Nc3ccc(N(C)C)cc3)C(=O)N(CCCOC(C)C)C2=O)cc1. The summed E-state index contributed by atoms with van der Waals surface area (Å²) in [5, 5.41) is 3.20. The lowest BCUT2D eigenvalue weighted by Crippen LogP contribution is -2.34. The molecule has 1 heterocycles. The maximum atomic E-state index is 13.3. The Morgan fingerprint density at radius 1 is 0.970 bits per heavy atom. The fourth-order valence-electron chi connectivity index (χ4n) is 3.58. The molecule has 7 nitrogen and oxygen atoms in total. The minimum Gasteiger partial charge on any atom is -0.494 e. The number of ether oxygens (including phenoxy) is 2. The Morgan fingerprint density at radius 3 is 2.21 bits per heavy atom. The number of carbonyl (C=O) groups excluding carboxylic acids is 2. The zero-order valence-electron chi connectivity index (χ0n) is 20.1. The molecular weight excluding hydrogens is 418 g/mol. The maximum absolute atomic E-state index is 13.3. The van der Waals surface area contributed by atoms with Gasteiger partial charge in [-0.15, -0.1) is 0 Å². The van der Waals surface area contributed by atoms with Crippen LogP contribution in [0.25, 0.3) is 5.57 Å². The zero-order chi connectivity index (χ0) is 24.0. The molecule has 0 saturated carbocycles. The highest BCUT2D eigenvalue weighted by molar-refractivity contribution is 6.36. The minimum absolute atomic E-state index is 0.106. The Hall–Kier alpha value is -3.32. The van der Waals surface area contributed by atoms with E-state index in [1.807, 2.05) is 88.3 Å². The summed E-state index contributed by atoms with van der Waals surface area (Å²) < 4.78 is 11.1. The number of benzene rings is 2. The smallest absolute Gasteiger partial charge is 0.278 e. The van der Waals surface area contributed by atoms with Crippen LogP contribution in [0.2, 0.25) is 0 Å². The molecular formula is C26H33N3O4. The van der Waals surface area contributed by atoms with Crippen molar-refractivity contribution >= 4 is 28.8 Å². The van der Waals surface area contributed by atoms with E-state index < -0.39 is 0 Å². The first-order chi connectivity index (χ1) is 15.8. The van der Waals surface area contributed by atoms with Gasteiger partial charge < -0.3 is 19.7 Å². The highest BCUT2D eigenvalue weighted by Gasteiger charge is 2.38. The molecule has 176 valence electrons. The lowest BCUT2D eigenvalue weighted by Gasteiger charge is -2.16. The summed E-state index contributed by atoms with van der Waals surface area (Å²) in [5.41, 5.74) is 3.10. The average molecular weight is 452 g/mol. The molecule has 0 radical (unpaired) electrons. The number of imide groups is 1. The van der Waals surface area contributed by atoms with Crippen LogP contribution in [-0.2, 0) is 14.3 Å². The lowest BCUT2D eigenvalue weighted by atomic mass is 10.0. The number of amides is 2. The molecule has 2 aromatic rings. The first-order valence-corrected chi connectivity index (χ1v) is 11.3. The normalized spacial score (nSPS) is 13.8.